The molecule has 2 aliphatic rings. The van der Waals surface area contributed by atoms with Crippen LogP contribution in [0, 0.1) is 5.92 Å². The molecule has 0 aromatic carbocycles. The monoisotopic (exact) mass is 242 g/mol. The lowest BCUT2D eigenvalue weighted by molar-refractivity contribution is 0.0466. The Labute approximate surface area is 104 Å². The second-order valence-electron chi connectivity index (χ2n) is 5.67. The normalized spacial score (nSPS) is 40.5. The van der Waals surface area contributed by atoms with Crippen LogP contribution in [0.5, 0.6) is 0 Å². The number of hydrogen-bond acceptors (Lipinski definition) is 3. The SMILES string of the molecule is CC1CCCCC1N(C)C1(CN)CCSC1. The zero-order chi connectivity index (χ0) is 11.6. The minimum absolute atomic E-state index is 0.306. The second kappa shape index (κ2) is 5.28. The standard InChI is InChI=1S/C13H26N2S/c1-11-5-3-4-6-12(11)15(2)13(9-14)7-8-16-10-13/h11-12H,3-10,14H2,1-2H3. The van der Waals surface area contributed by atoms with Gasteiger partial charge in [-0.25, -0.2) is 0 Å². The fraction of sp³-hybridized carbons (Fsp3) is 1.00. The van der Waals surface area contributed by atoms with Crippen molar-refractivity contribution in [3.8, 4) is 0 Å². The highest BCUT2D eigenvalue weighted by Gasteiger charge is 2.41. The molecule has 1 aliphatic heterocycles. The van der Waals surface area contributed by atoms with Crippen LogP contribution in [-0.2, 0) is 0 Å². The van der Waals surface area contributed by atoms with Gasteiger partial charge in [-0.3, -0.25) is 4.90 Å². The minimum Gasteiger partial charge on any atom is -0.329 e. The van der Waals surface area contributed by atoms with Gasteiger partial charge >= 0.3 is 0 Å². The molecule has 16 heavy (non-hydrogen) atoms. The van der Waals surface area contributed by atoms with Crippen molar-refractivity contribution in [2.75, 3.05) is 25.1 Å². The molecule has 0 aromatic heterocycles. The maximum absolute atomic E-state index is 6.07. The van der Waals surface area contributed by atoms with E-state index in [0.29, 0.717) is 5.54 Å². The fourth-order valence-electron chi connectivity index (χ4n) is 3.40. The molecule has 2 fully saturated rings. The van der Waals surface area contributed by atoms with Crippen LogP contribution in [0.15, 0.2) is 0 Å². The molecule has 3 atom stereocenters. The molecule has 2 N–H and O–H groups in total. The third-order valence-corrected chi connectivity index (χ3v) is 6.01. The maximum atomic E-state index is 6.07. The van der Waals surface area contributed by atoms with E-state index in [-0.39, 0.29) is 0 Å². The van der Waals surface area contributed by atoms with E-state index in [1.807, 2.05) is 0 Å². The molecule has 0 amide bonds. The molecule has 1 heterocycles. The maximum Gasteiger partial charge on any atom is 0.0429 e. The smallest absolute Gasteiger partial charge is 0.0429 e. The van der Waals surface area contributed by atoms with Crippen LogP contribution in [0.25, 0.3) is 0 Å². The second-order valence-corrected chi connectivity index (χ2v) is 6.78. The molecule has 0 spiro atoms. The molecule has 0 radical (unpaired) electrons. The molecule has 2 nitrogen and oxygen atoms in total. The van der Waals surface area contributed by atoms with Crippen LogP contribution >= 0.6 is 11.8 Å². The van der Waals surface area contributed by atoms with Gasteiger partial charge in [0.15, 0.2) is 0 Å². The highest BCUT2D eigenvalue weighted by molar-refractivity contribution is 7.99. The Kier molecular flexibility index (Phi) is 4.20. The van der Waals surface area contributed by atoms with Gasteiger partial charge < -0.3 is 5.73 Å². The summed E-state index contributed by atoms with van der Waals surface area (Å²) in [5, 5.41) is 0. The van der Waals surface area contributed by atoms with Crippen molar-refractivity contribution in [2.45, 2.75) is 50.6 Å². The van der Waals surface area contributed by atoms with Gasteiger partial charge in [-0.05, 0) is 38.0 Å². The van der Waals surface area contributed by atoms with E-state index in [4.69, 9.17) is 5.73 Å². The average Bonchev–Trinajstić information content (AvgIpc) is 2.78. The topological polar surface area (TPSA) is 29.3 Å². The molecule has 1 aliphatic carbocycles. The van der Waals surface area contributed by atoms with E-state index in [0.717, 1.165) is 18.5 Å². The number of thioether (sulfide) groups is 1. The van der Waals surface area contributed by atoms with Crippen molar-refractivity contribution < 1.29 is 0 Å². The number of nitrogens with zero attached hydrogens (tertiary/aromatic N) is 1. The van der Waals surface area contributed by atoms with E-state index < -0.39 is 0 Å². The van der Waals surface area contributed by atoms with E-state index >= 15 is 0 Å². The van der Waals surface area contributed by atoms with Crippen LogP contribution in [0.4, 0.5) is 0 Å². The van der Waals surface area contributed by atoms with Crippen molar-refractivity contribution in [1.82, 2.24) is 4.90 Å². The Morgan fingerprint density at radius 1 is 1.38 bits per heavy atom. The van der Waals surface area contributed by atoms with E-state index in [1.54, 1.807) is 0 Å². The van der Waals surface area contributed by atoms with Gasteiger partial charge in [-0.1, -0.05) is 19.8 Å². The highest BCUT2D eigenvalue weighted by Crippen LogP contribution is 2.37. The molecule has 1 saturated heterocycles. The first-order chi connectivity index (χ1) is 7.69. The Morgan fingerprint density at radius 3 is 2.69 bits per heavy atom. The van der Waals surface area contributed by atoms with Crippen molar-refractivity contribution in [3.05, 3.63) is 0 Å². The fourth-order valence-corrected chi connectivity index (χ4v) is 4.92. The molecular formula is C13H26N2S. The Bertz CT molecular complexity index is 226. The molecule has 94 valence electrons. The van der Waals surface area contributed by atoms with Crippen molar-refractivity contribution in [3.63, 3.8) is 0 Å². The average molecular weight is 242 g/mol. The number of nitrogens with two attached hydrogens (primary N) is 1. The van der Waals surface area contributed by atoms with Gasteiger partial charge in [0.25, 0.3) is 0 Å². The van der Waals surface area contributed by atoms with E-state index in [2.05, 4.69) is 30.6 Å². The number of hydrogen-bond donors (Lipinski definition) is 1. The first-order valence-corrected chi connectivity index (χ1v) is 7.86. The van der Waals surface area contributed by atoms with Gasteiger partial charge in [0.2, 0.25) is 0 Å². The highest BCUT2D eigenvalue weighted by atomic mass is 32.2. The number of likely N-dealkylation sites (N-methyl/N-ethyl adjacent to an activating group) is 1. The van der Waals surface area contributed by atoms with Gasteiger partial charge in [-0.15, -0.1) is 0 Å². The largest absolute Gasteiger partial charge is 0.329 e. The Hall–Kier alpha value is 0.270. The van der Waals surface area contributed by atoms with Crippen LogP contribution in [0.1, 0.15) is 39.0 Å². The summed E-state index contributed by atoms with van der Waals surface area (Å²) in [6.45, 7) is 3.26. The molecule has 0 bridgehead atoms. The molecule has 3 heteroatoms. The van der Waals surface area contributed by atoms with Gasteiger partial charge in [-0.2, -0.15) is 11.8 Å². The minimum atomic E-state index is 0.306. The lowest BCUT2D eigenvalue weighted by Gasteiger charge is -2.46. The van der Waals surface area contributed by atoms with Crippen LogP contribution in [0.3, 0.4) is 0 Å². The Balaban J connectivity index is 2.06. The van der Waals surface area contributed by atoms with Crippen LogP contribution in [0.2, 0.25) is 0 Å². The lowest BCUT2D eigenvalue weighted by atomic mass is 9.82. The quantitative estimate of drug-likeness (QED) is 0.823. The zero-order valence-electron chi connectivity index (χ0n) is 10.7. The zero-order valence-corrected chi connectivity index (χ0v) is 11.6. The third kappa shape index (κ3) is 2.27. The molecule has 0 aromatic rings. The predicted octanol–water partition coefficient (Wildman–Crippen LogP) is 2.33. The van der Waals surface area contributed by atoms with Crippen molar-refractivity contribution in [1.29, 1.82) is 0 Å². The summed E-state index contributed by atoms with van der Waals surface area (Å²) >= 11 is 2.08. The molecule has 3 unspecified atom stereocenters. The molecular weight excluding hydrogens is 216 g/mol. The summed E-state index contributed by atoms with van der Waals surface area (Å²) in [6.07, 6.45) is 6.91. The van der Waals surface area contributed by atoms with Gasteiger partial charge in [0.05, 0.1) is 0 Å². The van der Waals surface area contributed by atoms with Gasteiger partial charge in [0.1, 0.15) is 0 Å². The van der Waals surface area contributed by atoms with E-state index in [1.165, 1.54) is 43.6 Å². The Morgan fingerprint density at radius 2 is 2.12 bits per heavy atom. The third-order valence-electron chi connectivity index (χ3n) is 4.77. The predicted molar refractivity (Wildman–Crippen MR) is 72.9 cm³/mol. The van der Waals surface area contributed by atoms with Gasteiger partial charge in [0, 0.05) is 23.9 Å². The van der Waals surface area contributed by atoms with Crippen molar-refractivity contribution in [2.24, 2.45) is 11.7 Å². The lowest BCUT2D eigenvalue weighted by Crippen LogP contribution is -2.58. The van der Waals surface area contributed by atoms with E-state index in [9.17, 15) is 0 Å². The molecule has 1 saturated carbocycles. The summed E-state index contributed by atoms with van der Waals surface area (Å²) in [5.41, 5.74) is 6.37. The summed E-state index contributed by atoms with van der Waals surface area (Å²) in [5.74, 6) is 3.39. The van der Waals surface area contributed by atoms with Crippen LogP contribution < -0.4 is 5.73 Å². The summed E-state index contributed by atoms with van der Waals surface area (Å²) in [4.78, 5) is 2.65. The summed E-state index contributed by atoms with van der Waals surface area (Å²) in [6, 6.07) is 0.774. The number of rotatable bonds is 3. The van der Waals surface area contributed by atoms with Crippen LogP contribution in [-0.4, -0.2) is 41.6 Å². The summed E-state index contributed by atoms with van der Waals surface area (Å²) in [7, 11) is 2.32. The summed E-state index contributed by atoms with van der Waals surface area (Å²) < 4.78 is 0. The van der Waals surface area contributed by atoms with Crippen molar-refractivity contribution >= 4 is 11.8 Å². The molecule has 2 rings (SSSR count). The first-order valence-electron chi connectivity index (χ1n) is 6.70. The first kappa shape index (κ1) is 12.7.